The first-order chi connectivity index (χ1) is 7.70. The number of hydrogen-bond acceptors (Lipinski definition) is 3. The summed E-state index contributed by atoms with van der Waals surface area (Å²) in [4.78, 5) is 0. The largest absolute Gasteiger partial charge is 0.391 e. The van der Waals surface area contributed by atoms with E-state index in [4.69, 9.17) is 5.26 Å². The van der Waals surface area contributed by atoms with Crippen LogP contribution in [0.3, 0.4) is 0 Å². The average molecular weight is 281 g/mol. The van der Waals surface area contributed by atoms with E-state index < -0.39 is 0 Å². The van der Waals surface area contributed by atoms with E-state index in [1.54, 1.807) is 6.07 Å². The van der Waals surface area contributed by atoms with Crippen molar-refractivity contribution in [3.63, 3.8) is 0 Å². The van der Waals surface area contributed by atoms with Gasteiger partial charge in [0.1, 0.15) is 6.07 Å². The minimum atomic E-state index is -0.296. The lowest BCUT2D eigenvalue weighted by Gasteiger charge is -2.18. The lowest BCUT2D eigenvalue weighted by Crippen LogP contribution is -2.28. The van der Waals surface area contributed by atoms with Gasteiger partial charge < -0.3 is 10.4 Å². The van der Waals surface area contributed by atoms with Gasteiger partial charge in [0.2, 0.25) is 0 Å². The first kappa shape index (κ1) is 11.4. The molecule has 16 heavy (non-hydrogen) atoms. The quantitative estimate of drug-likeness (QED) is 0.876. The molecule has 2 atom stereocenters. The summed E-state index contributed by atoms with van der Waals surface area (Å²) in [7, 11) is 0. The van der Waals surface area contributed by atoms with E-state index in [9.17, 15) is 5.11 Å². The zero-order valence-electron chi connectivity index (χ0n) is 8.78. The van der Waals surface area contributed by atoms with Gasteiger partial charge in [0.15, 0.2) is 0 Å². The highest BCUT2D eigenvalue weighted by atomic mass is 79.9. The maximum Gasteiger partial charge on any atom is 0.101 e. The molecule has 0 aliphatic heterocycles. The second kappa shape index (κ2) is 4.86. The van der Waals surface area contributed by atoms with Crippen LogP contribution in [0, 0.1) is 11.3 Å². The third kappa shape index (κ3) is 2.37. The molecule has 2 rings (SSSR count). The van der Waals surface area contributed by atoms with Crippen LogP contribution in [0.15, 0.2) is 22.7 Å². The number of rotatable bonds is 2. The van der Waals surface area contributed by atoms with Crippen LogP contribution in [0.1, 0.15) is 24.8 Å². The van der Waals surface area contributed by atoms with E-state index in [0.717, 1.165) is 29.4 Å². The van der Waals surface area contributed by atoms with E-state index in [2.05, 4.69) is 27.3 Å². The predicted molar refractivity (Wildman–Crippen MR) is 66.1 cm³/mol. The summed E-state index contributed by atoms with van der Waals surface area (Å²) < 4.78 is 0.890. The fourth-order valence-electron chi connectivity index (χ4n) is 2.04. The Bertz CT molecular complexity index is 428. The molecular formula is C12H13BrN2O. The number of nitrogens with one attached hydrogen (secondary N) is 1. The highest BCUT2D eigenvalue weighted by Gasteiger charge is 2.25. The standard InChI is InChI=1S/C12H13BrN2O/c13-9-4-5-10(8(6-9)7-14)15-11-2-1-3-12(11)16/h4-6,11-12,15-16H,1-3H2. The van der Waals surface area contributed by atoms with Gasteiger partial charge in [0.05, 0.1) is 23.4 Å². The van der Waals surface area contributed by atoms with Crippen molar-refractivity contribution in [3.05, 3.63) is 28.2 Å². The van der Waals surface area contributed by atoms with Crippen molar-refractivity contribution in [2.75, 3.05) is 5.32 Å². The van der Waals surface area contributed by atoms with E-state index in [0.29, 0.717) is 5.56 Å². The smallest absolute Gasteiger partial charge is 0.101 e. The molecule has 4 heteroatoms. The number of halogens is 1. The van der Waals surface area contributed by atoms with Crippen LogP contribution in [0.2, 0.25) is 0 Å². The molecule has 1 aliphatic carbocycles. The Morgan fingerprint density at radius 2 is 2.25 bits per heavy atom. The molecular weight excluding hydrogens is 268 g/mol. The molecule has 2 unspecified atom stereocenters. The Morgan fingerprint density at radius 1 is 1.44 bits per heavy atom. The number of benzene rings is 1. The summed E-state index contributed by atoms with van der Waals surface area (Å²) in [5, 5.41) is 22.0. The molecule has 3 nitrogen and oxygen atoms in total. The van der Waals surface area contributed by atoms with Gasteiger partial charge >= 0.3 is 0 Å². The molecule has 1 aromatic rings. The van der Waals surface area contributed by atoms with Crippen molar-refractivity contribution >= 4 is 21.6 Å². The molecule has 0 heterocycles. The van der Waals surface area contributed by atoms with Gasteiger partial charge in [0.25, 0.3) is 0 Å². The molecule has 84 valence electrons. The Balaban J connectivity index is 2.18. The summed E-state index contributed by atoms with van der Waals surface area (Å²) in [5.74, 6) is 0. The van der Waals surface area contributed by atoms with Gasteiger partial charge in [-0.05, 0) is 37.5 Å². The van der Waals surface area contributed by atoms with Crippen LogP contribution in [-0.4, -0.2) is 17.3 Å². The van der Waals surface area contributed by atoms with Gasteiger partial charge in [-0.1, -0.05) is 15.9 Å². The van der Waals surface area contributed by atoms with Crippen LogP contribution < -0.4 is 5.32 Å². The Hall–Kier alpha value is -1.05. The van der Waals surface area contributed by atoms with Crippen LogP contribution in [0.5, 0.6) is 0 Å². The summed E-state index contributed by atoms with van der Waals surface area (Å²) in [6, 6.07) is 7.77. The number of aliphatic hydroxyl groups excluding tert-OH is 1. The van der Waals surface area contributed by atoms with Crippen molar-refractivity contribution in [2.45, 2.75) is 31.4 Å². The van der Waals surface area contributed by atoms with Crippen molar-refractivity contribution in [2.24, 2.45) is 0 Å². The molecule has 0 bridgehead atoms. The lowest BCUT2D eigenvalue weighted by molar-refractivity contribution is 0.172. The number of nitrogens with zero attached hydrogens (tertiary/aromatic N) is 1. The summed E-state index contributed by atoms with van der Waals surface area (Å²) in [6.07, 6.45) is 2.55. The second-order valence-corrected chi connectivity index (χ2v) is 4.97. The van der Waals surface area contributed by atoms with Crippen molar-refractivity contribution in [1.29, 1.82) is 5.26 Å². The van der Waals surface area contributed by atoms with Gasteiger partial charge in [-0.25, -0.2) is 0 Å². The SMILES string of the molecule is N#Cc1cc(Br)ccc1NC1CCCC1O. The van der Waals surface area contributed by atoms with Crippen molar-refractivity contribution < 1.29 is 5.11 Å². The van der Waals surface area contributed by atoms with Gasteiger partial charge in [0, 0.05) is 4.47 Å². The van der Waals surface area contributed by atoms with Crippen LogP contribution in [0.25, 0.3) is 0 Å². The molecule has 0 saturated heterocycles. The molecule has 1 fully saturated rings. The Kier molecular flexibility index (Phi) is 3.47. The van der Waals surface area contributed by atoms with Gasteiger partial charge in [-0.3, -0.25) is 0 Å². The number of anilines is 1. The van der Waals surface area contributed by atoms with E-state index in [1.807, 2.05) is 12.1 Å². The molecule has 0 amide bonds. The van der Waals surface area contributed by atoms with E-state index >= 15 is 0 Å². The number of aliphatic hydroxyl groups is 1. The Labute approximate surface area is 103 Å². The van der Waals surface area contributed by atoms with E-state index in [-0.39, 0.29) is 12.1 Å². The van der Waals surface area contributed by atoms with Crippen LogP contribution in [0.4, 0.5) is 5.69 Å². The van der Waals surface area contributed by atoms with Crippen LogP contribution >= 0.6 is 15.9 Å². The summed E-state index contributed by atoms with van der Waals surface area (Å²) in [6.45, 7) is 0. The second-order valence-electron chi connectivity index (χ2n) is 4.05. The van der Waals surface area contributed by atoms with Crippen molar-refractivity contribution in [3.8, 4) is 6.07 Å². The fraction of sp³-hybridized carbons (Fsp3) is 0.417. The first-order valence-corrected chi connectivity index (χ1v) is 6.14. The third-order valence-electron chi connectivity index (χ3n) is 2.92. The molecule has 2 N–H and O–H groups in total. The molecule has 0 radical (unpaired) electrons. The minimum absolute atomic E-state index is 0.0771. The van der Waals surface area contributed by atoms with E-state index in [1.165, 1.54) is 0 Å². The average Bonchev–Trinajstić information content (AvgIpc) is 2.67. The Morgan fingerprint density at radius 3 is 2.88 bits per heavy atom. The summed E-state index contributed by atoms with van der Waals surface area (Å²) in [5.41, 5.74) is 1.41. The molecule has 0 aromatic heterocycles. The first-order valence-electron chi connectivity index (χ1n) is 5.35. The fourth-order valence-corrected chi connectivity index (χ4v) is 2.40. The van der Waals surface area contributed by atoms with Gasteiger partial charge in [-0.2, -0.15) is 5.26 Å². The minimum Gasteiger partial charge on any atom is -0.391 e. The maximum absolute atomic E-state index is 9.71. The molecule has 1 aromatic carbocycles. The predicted octanol–water partition coefficient (Wildman–Crippen LogP) is 2.65. The van der Waals surface area contributed by atoms with Crippen LogP contribution in [-0.2, 0) is 0 Å². The molecule has 1 saturated carbocycles. The zero-order valence-corrected chi connectivity index (χ0v) is 10.4. The number of hydrogen-bond donors (Lipinski definition) is 2. The van der Waals surface area contributed by atoms with Gasteiger partial charge in [-0.15, -0.1) is 0 Å². The van der Waals surface area contributed by atoms with Crippen molar-refractivity contribution in [1.82, 2.24) is 0 Å². The highest BCUT2D eigenvalue weighted by Crippen LogP contribution is 2.26. The normalized spacial score (nSPS) is 24.1. The molecule has 1 aliphatic rings. The summed E-state index contributed by atoms with van der Waals surface area (Å²) >= 11 is 3.33. The monoisotopic (exact) mass is 280 g/mol. The zero-order chi connectivity index (χ0) is 11.5. The highest BCUT2D eigenvalue weighted by molar-refractivity contribution is 9.10. The lowest BCUT2D eigenvalue weighted by atomic mass is 10.1. The maximum atomic E-state index is 9.71. The topological polar surface area (TPSA) is 56.0 Å². The molecule has 0 spiro atoms. The third-order valence-corrected chi connectivity index (χ3v) is 3.42. The number of nitriles is 1.